The van der Waals surface area contributed by atoms with Gasteiger partial charge in [-0.3, -0.25) is 4.98 Å². The highest BCUT2D eigenvalue weighted by Crippen LogP contribution is 2.29. The molecule has 3 aromatic rings. The summed E-state index contributed by atoms with van der Waals surface area (Å²) in [6, 6.07) is 11.9. The van der Waals surface area contributed by atoms with Crippen LogP contribution in [0.5, 0.6) is 0 Å². The normalized spacial score (nSPS) is 10.5. The molecule has 2 heterocycles. The summed E-state index contributed by atoms with van der Waals surface area (Å²) >= 11 is 1.33. The lowest BCUT2D eigenvalue weighted by Crippen LogP contribution is -2.06. The number of aryl methyl sites for hydroxylation is 1. The number of pyridine rings is 1. The molecule has 0 aliphatic carbocycles. The Hall–Kier alpha value is -2.53. The SMILES string of the molecule is O=C(OCCCc1ccncc1)c1sccc1-c1ccc(F)cc1. The molecule has 0 amide bonds. The molecule has 0 bridgehead atoms. The average Bonchev–Trinajstić information content (AvgIpc) is 3.10. The van der Waals surface area contributed by atoms with Gasteiger partial charge >= 0.3 is 5.97 Å². The summed E-state index contributed by atoms with van der Waals surface area (Å²) < 4.78 is 18.4. The van der Waals surface area contributed by atoms with E-state index in [0.717, 1.165) is 24.0 Å². The molecule has 0 radical (unpaired) electrons. The molecule has 0 saturated carbocycles. The summed E-state index contributed by atoms with van der Waals surface area (Å²) in [5.74, 6) is -0.631. The minimum atomic E-state index is -0.334. The van der Waals surface area contributed by atoms with Crippen molar-refractivity contribution in [3.8, 4) is 11.1 Å². The van der Waals surface area contributed by atoms with Crippen LogP contribution < -0.4 is 0 Å². The molecular weight excluding hydrogens is 325 g/mol. The number of hydrogen-bond donors (Lipinski definition) is 0. The van der Waals surface area contributed by atoms with Gasteiger partial charge in [0.05, 0.1) is 6.61 Å². The van der Waals surface area contributed by atoms with E-state index in [2.05, 4.69) is 4.98 Å². The van der Waals surface area contributed by atoms with E-state index in [0.29, 0.717) is 11.5 Å². The van der Waals surface area contributed by atoms with Gasteiger partial charge in [0.2, 0.25) is 0 Å². The smallest absolute Gasteiger partial charge is 0.348 e. The van der Waals surface area contributed by atoms with Crippen molar-refractivity contribution >= 4 is 17.3 Å². The van der Waals surface area contributed by atoms with Crippen LogP contribution in [0, 0.1) is 5.82 Å². The lowest BCUT2D eigenvalue weighted by atomic mass is 10.1. The first-order valence-corrected chi connectivity index (χ1v) is 8.51. The second-order valence-electron chi connectivity index (χ2n) is 5.27. The van der Waals surface area contributed by atoms with Gasteiger partial charge in [-0.2, -0.15) is 0 Å². The Kier molecular flexibility index (Phi) is 5.33. The van der Waals surface area contributed by atoms with Crippen LogP contribution in [0.25, 0.3) is 11.1 Å². The summed E-state index contributed by atoms with van der Waals surface area (Å²) in [4.78, 5) is 16.8. The molecular formula is C19H16FNO2S. The van der Waals surface area contributed by atoms with Crippen molar-refractivity contribution in [1.29, 1.82) is 0 Å². The number of aromatic nitrogens is 1. The van der Waals surface area contributed by atoms with Gasteiger partial charge in [0, 0.05) is 18.0 Å². The zero-order valence-corrected chi connectivity index (χ0v) is 13.8. The zero-order valence-electron chi connectivity index (χ0n) is 12.9. The first-order chi connectivity index (χ1) is 11.7. The Bertz CT molecular complexity index is 800. The van der Waals surface area contributed by atoms with Crippen molar-refractivity contribution in [1.82, 2.24) is 4.98 Å². The molecule has 3 rings (SSSR count). The van der Waals surface area contributed by atoms with Crippen LogP contribution in [-0.2, 0) is 11.2 Å². The largest absolute Gasteiger partial charge is 0.461 e. The number of thiophene rings is 1. The van der Waals surface area contributed by atoms with Gasteiger partial charge in [-0.1, -0.05) is 12.1 Å². The highest BCUT2D eigenvalue weighted by molar-refractivity contribution is 7.12. The van der Waals surface area contributed by atoms with Gasteiger partial charge in [0.25, 0.3) is 0 Å². The number of hydrogen-bond acceptors (Lipinski definition) is 4. The van der Waals surface area contributed by atoms with E-state index in [1.807, 2.05) is 23.6 Å². The van der Waals surface area contributed by atoms with Crippen molar-refractivity contribution in [2.75, 3.05) is 6.61 Å². The van der Waals surface area contributed by atoms with Gasteiger partial charge < -0.3 is 4.74 Å². The van der Waals surface area contributed by atoms with Gasteiger partial charge in [-0.25, -0.2) is 9.18 Å². The monoisotopic (exact) mass is 341 g/mol. The molecule has 0 spiro atoms. The fourth-order valence-electron chi connectivity index (χ4n) is 2.38. The number of esters is 1. The van der Waals surface area contributed by atoms with E-state index < -0.39 is 0 Å². The van der Waals surface area contributed by atoms with Crippen molar-refractivity contribution in [2.24, 2.45) is 0 Å². The maximum atomic E-state index is 13.0. The molecule has 0 fully saturated rings. The van der Waals surface area contributed by atoms with E-state index in [4.69, 9.17) is 4.74 Å². The van der Waals surface area contributed by atoms with E-state index >= 15 is 0 Å². The van der Waals surface area contributed by atoms with Crippen molar-refractivity contribution in [3.63, 3.8) is 0 Å². The molecule has 0 unspecified atom stereocenters. The van der Waals surface area contributed by atoms with E-state index in [1.165, 1.54) is 29.0 Å². The summed E-state index contributed by atoms with van der Waals surface area (Å²) in [5.41, 5.74) is 2.75. The van der Waals surface area contributed by atoms with Crippen LogP contribution in [0.2, 0.25) is 0 Å². The second-order valence-corrected chi connectivity index (χ2v) is 6.18. The number of carbonyl (C=O) groups is 1. The fraction of sp³-hybridized carbons (Fsp3) is 0.158. The summed E-state index contributed by atoms with van der Waals surface area (Å²) in [5, 5.41) is 1.84. The second kappa shape index (κ2) is 7.84. The predicted octanol–water partition coefficient (Wildman–Crippen LogP) is 4.74. The third-order valence-electron chi connectivity index (χ3n) is 3.60. The van der Waals surface area contributed by atoms with E-state index in [1.54, 1.807) is 24.5 Å². The highest BCUT2D eigenvalue weighted by Gasteiger charge is 2.16. The van der Waals surface area contributed by atoms with Crippen LogP contribution in [0.3, 0.4) is 0 Å². The summed E-state index contributed by atoms with van der Waals surface area (Å²) in [6.07, 6.45) is 5.10. The maximum Gasteiger partial charge on any atom is 0.348 e. The maximum absolute atomic E-state index is 13.0. The van der Waals surface area contributed by atoms with Crippen LogP contribution in [0.4, 0.5) is 4.39 Å². The minimum Gasteiger partial charge on any atom is -0.461 e. The quantitative estimate of drug-likeness (QED) is 0.480. The number of halogens is 1. The topological polar surface area (TPSA) is 39.2 Å². The van der Waals surface area contributed by atoms with Crippen molar-refractivity contribution < 1.29 is 13.9 Å². The number of rotatable bonds is 6. The summed E-state index contributed by atoms with van der Waals surface area (Å²) in [7, 11) is 0. The summed E-state index contributed by atoms with van der Waals surface area (Å²) in [6.45, 7) is 0.363. The van der Waals surface area contributed by atoms with Crippen molar-refractivity contribution in [2.45, 2.75) is 12.8 Å². The minimum absolute atomic E-state index is 0.297. The fourth-order valence-corrected chi connectivity index (χ4v) is 3.19. The van der Waals surface area contributed by atoms with Gasteiger partial charge in [-0.15, -0.1) is 11.3 Å². The molecule has 2 aromatic heterocycles. The molecule has 3 nitrogen and oxygen atoms in total. The third kappa shape index (κ3) is 4.06. The molecule has 122 valence electrons. The Morgan fingerprint density at radius 1 is 1.08 bits per heavy atom. The van der Waals surface area contributed by atoms with Crippen LogP contribution in [0.15, 0.2) is 60.2 Å². The number of nitrogens with zero attached hydrogens (tertiary/aromatic N) is 1. The molecule has 1 aromatic carbocycles. The number of benzene rings is 1. The van der Waals surface area contributed by atoms with Crippen LogP contribution in [-0.4, -0.2) is 17.6 Å². The molecule has 0 saturated heterocycles. The first kappa shape index (κ1) is 16.3. The first-order valence-electron chi connectivity index (χ1n) is 7.63. The van der Waals surface area contributed by atoms with E-state index in [-0.39, 0.29) is 11.8 Å². The molecule has 24 heavy (non-hydrogen) atoms. The third-order valence-corrected chi connectivity index (χ3v) is 4.49. The molecule has 0 atom stereocenters. The molecule has 5 heteroatoms. The van der Waals surface area contributed by atoms with E-state index in [9.17, 15) is 9.18 Å². The number of carbonyl (C=O) groups excluding carboxylic acids is 1. The average molecular weight is 341 g/mol. The zero-order chi connectivity index (χ0) is 16.8. The van der Waals surface area contributed by atoms with Gasteiger partial charge in [0.15, 0.2) is 0 Å². The molecule has 0 aliphatic heterocycles. The van der Waals surface area contributed by atoms with Gasteiger partial charge in [-0.05, 0) is 59.7 Å². The molecule has 0 aliphatic rings. The van der Waals surface area contributed by atoms with Crippen LogP contribution >= 0.6 is 11.3 Å². The Labute approximate surface area is 143 Å². The Morgan fingerprint density at radius 2 is 1.83 bits per heavy atom. The number of ether oxygens (including phenoxy) is 1. The highest BCUT2D eigenvalue weighted by atomic mass is 32.1. The Balaban J connectivity index is 1.58. The predicted molar refractivity (Wildman–Crippen MR) is 92.6 cm³/mol. The van der Waals surface area contributed by atoms with Crippen molar-refractivity contribution in [3.05, 3.63) is 76.5 Å². The standard InChI is InChI=1S/C19H16FNO2S/c20-16-5-3-15(4-6-16)17-9-13-24-18(17)19(22)23-12-1-2-14-7-10-21-11-8-14/h3-11,13H,1-2,12H2. The molecule has 0 N–H and O–H groups in total. The lowest BCUT2D eigenvalue weighted by molar-refractivity contribution is 0.0507. The Morgan fingerprint density at radius 3 is 2.58 bits per heavy atom. The van der Waals surface area contributed by atoms with Crippen LogP contribution in [0.1, 0.15) is 21.7 Å². The lowest BCUT2D eigenvalue weighted by Gasteiger charge is -2.06. The van der Waals surface area contributed by atoms with Gasteiger partial charge in [0.1, 0.15) is 10.7 Å².